The van der Waals surface area contributed by atoms with Gasteiger partial charge >= 0.3 is 0 Å². The van der Waals surface area contributed by atoms with Crippen LogP contribution in [0.15, 0.2) is 17.0 Å². The first kappa shape index (κ1) is 12.5. The van der Waals surface area contributed by atoms with E-state index >= 15 is 0 Å². The third-order valence-corrected chi connectivity index (χ3v) is 3.79. The number of nitriles is 1. The highest BCUT2D eigenvalue weighted by Crippen LogP contribution is 2.32. The van der Waals surface area contributed by atoms with Gasteiger partial charge in [-0.05, 0) is 30.2 Å². The fourth-order valence-electron chi connectivity index (χ4n) is 1.48. The lowest BCUT2D eigenvalue weighted by molar-refractivity contribution is 0.415. The highest BCUT2D eigenvalue weighted by Gasteiger charge is 2.15. The topological polar surface area (TPSA) is 76.1 Å². The van der Waals surface area contributed by atoms with Crippen LogP contribution in [0.3, 0.4) is 0 Å². The maximum absolute atomic E-state index is 12.0. The largest absolute Gasteiger partial charge is 0.495 e. The van der Waals surface area contributed by atoms with Crippen LogP contribution < -0.4 is 10.5 Å². The van der Waals surface area contributed by atoms with Gasteiger partial charge in [-0.2, -0.15) is 5.26 Å². The maximum Gasteiger partial charge on any atom is 0.143 e. The molecule has 0 aliphatic carbocycles. The van der Waals surface area contributed by atoms with E-state index in [-0.39, 0.29) is 6.42 Å². The molecule has 0 spiro atoms. The zero-order valence-corrected chi connectivity index (χ0v) is 10.5. The van der Waals surface area contributed by atoms with Gasteiger partial charge in [0, 0.05) is 4.90 Å². The van der Waals surface area contributed by atoms with Gasteiger partial charge in [0.15, 0.2) is 0 Å². The number of thiol groups is 1. The first-order chi connectivity index (χ1) is 7.40. The number of nitrogens with two attached hydrogens (primary N) is 1. The molecule has 4 nitrogen and oxygen atoms in total. The lowest BCUT2D eigenvalue weighted by atomic mass is 10.1. The van der Waals surface area contributed by atoms with Crippen molar-refractivity contribution in [2.45, 2.75) is 11.3 Å². The predicted molar refractivity (Wildman–Crippen MR) is 66.4 cm³/mol. The summed E-state index contributed by atoms with van der Waals surface area (Å²) in [7, 11) is -0.959. The summed E-state index contributed by atoms with van der Waals surface area (Å²) in [5.74, 6) is 0.478. The van der Waals surface area contributed by atoms with Gasteiger partial charge in [-0.1, -0.05) is 9.93 Å². The van der Waals surface area contributed by atoms with Crippen LogP contribution in [0.5, 0.6) is 5.75 Å². The molecule has 0 bridgehead atoms. The minimum absolute atomic E-state index is 0.254. The standard InChI is InChI=1S/C11H16N2O2S/c1-15-9-6-8(4-5-12)7-10(11(9)13)16(2,3)14/h6-7,16H,4,13H2,1-3H3. The van der Waals surface area contributed by atoms with E-state index in [2.05, 4.69) is 0 Å². The van der Waals surface area contributed by atoms with Crippen LogP contribution in [-0.2, 0) is 16.4 Å². The molecule has 0 saturated carbocycles. The molecule has 88 valence electrons. The van der Waals surface area contributed by atoms with Gasteiger partial charge in [0.2, 0.25) is 0 Å². The lowest BCUT2D eigenvalue weighted by Crippen LogP contribution is -2.11. The molecular weight excluding hydrogens is 224 g/mol. The predicted octanol–water partition coefficient (Wildman–Crippen LogP) is 0.979. The molecule has 1 aromatic carbocycles. The molecule has 2 N–H and O–H groups in total. The van der Waals surface area contributed by atoms with Crippen molar-refractivity contribution in [1.29, 1.82) is 5.26 Å². The number of nitrogens with zero attached hydrogens (tertiary/aromatic N) is 1. The van der Waals surface area contributed by atoms with Crippen molar-refractivity contribution in [2.75, 3.05) is 25.4 Å². The van der Waals surface area contributed by atoms with E-state index in [0.29, 0.717) is 16.3 Å². The van der Waals surface area contributed by atoms with E-state index in [4.69, 9.17) is 15.7 Å². The molecule has 0 amide bonds. The van der Waals surface area contributed by atoms with E-state index < -0.39 is 9.93 Å². The Morgan fingerprint density at radius 3 is 2.56 bits per heavy atom. The molecule has 1 rings (SSSR count). The number of ether oxygens (including phenoxy) is 1. The molecule has 0 aromatic heterocycles. The van der Waals surface area contributed by atoms with Crippen LogP contribution in [-0.4, -0.2) is 23.8 Å². The second kappa shape index (κ2) is 4.54. The molecule has 1 aromatic rings. The van der Waals surface area contributed by atoms with E-state index in [1.54, 1.807) is 24.6 Å². The molecule has 0 aliphatic heterocycles. The van der Waals surface area contributed by atoms with Gasteiger partial charge in [-0.15, -0.1) is 0 Å². The summed E-state index contributed by atoms with van der Waals surface area (Å²) in [6.45, 7) is 0. The Morgan fingerprint density at radius 1 is 1.50 bits per heavy atom. The lowest BCUT2D eigenvalue weighted by Gasteiger charge is -2.18. The van der Waals surface area contributed by atoms with Gasteiger partial charge in [-0.25, -0.2) is 0 Å². The molecule has 0 heterocycles. The minimum atomic E-state index is -2.46. The Labute approximate surface area is 96.4 Å². The third-order valence-electron chi connectivity index (χ3n) is 2.26. The third kappa shape index (κ3) is 2.52. The van der Waals surface area contributed by atoms with E-state index in [1.165, 1.54) is 7.11 Å². The number of nitrogen functional groups attached to an aromatic ring is 1. The van der Waals surface area contributed by atoms with Crippen molar-refractivity contribution in [3.63, 3.8) is 0 Å². The molecule has 5 heteroatoms. The molecule has 0 saturated heterocycles. The first-order valence-corrected chi connectivity index (χ1v) is 7.39. The molecule has 16 heavy (non-hydrogen) atoms. The summed E-state index contributed by atoms with van der Waals surface area (Å²) >= 11 is 0. The van der Waals surface area contributed by atoms with Gasteiger partial charge in [0.25, 0.3) is 0 Å². The summed E-state index contributed by atoms with van der Waals surface area (Å²) in [5, 5.41) is 8.66. The Balaban J connectivity index is 3.43. The summed E-state index contributed by atoms with van der Waals surface area (Å²) in [6.07, 6.45) is 3.55. The SMILES string of the molecule is COc1cc(CC#N)cc([SH](C)(C)=O)c1N. The normalized spacial score (nSPS) is 11.9. The second-order valence-corrected chi connectivity index (χ2v) is 7.10. The number of hydrogen-bond donors (Lipinski definition) is 2. The monoisotopic (exact) mass is 240 g/mol. The number of hydrogen-bond acceptors (Lipinski definition) is 4. The summed E-state index contributed by atoms with van der Waals surface area (Å²) in [6, 6.07) is 5.48. The van der Waals surface area contributed by atoms with E-state index in [0.717, 1.165) is 5.56 Å². The number of benzene rings is 1. The smallest absolute Gasteiger partial charge is 0.143 e. The second-order valence-electron chi connectivity index (χ2n) is 3.92. The van der Waals surface area contributed by atoms with Crippen LogP contribution >= 0.6 is 0 Å². The van der Waals surface area contributed by atoms with Gasteiger partial charge in [0.05, 0.1) is 25.3 Å². The summed E-state index contributed by atoms with van der Waals surface area (Å²) in [5.41, 5.74) is 7.04. The molecule has 0 atom stereocenters. The van der Waals surface area contributed by atoms with Crippen molar-refractivity contribution < 1.29 is 8.95 Å². The highest BCUT2D eigenvalue weighted by molar-refractivity contribution is 8.01. The number of rotatable bonds is 3. The van der Waals surface area contributed by atoms with Gasteiger partial charge in [0.1, 0.15) is 5.75 Å². The van der Waals surface area contributed by atoms with Crippen molar-refractivity contribution in [3.05, 3.63) is 17.7 Å². The minimum Gasteiger partial charge on any atom is -0.495 e. The Hall–Kier alpha value is -1.54. The fourth-order valence-corrected chi connectivity index (χ4v) is 2.64. The Bertz CT molecular complexity index is 485. The highest BCUT2D eigenvalue weighted by atomic mass is 32.2. The van der Waals surface area contributed by atoms with Crippen molar-refractivity contribution >= 4 is 15.6 Å². The number of anilines is 1. The average molecular weight is 240 g/mol. The van der Waals surface area contributed by atoms with Crippen LogP contribution in [0.2, 0.25) is 0 Å². The zero-order chi connectivity index (χ0) is 12.3. The van der Waals surface area contributed by atoms with Crippen LogP contribution in [0.25, 0.3) is 0 Å². The molecule has 0 unspecified atom stereocenters. The van der Waals surface area contributed by atoms with Crippen molar-refractivity contribution in [1.82, 2.24) is 0 Å². The van der Waals surface area contributed by atoms with Gasteiger partial charge < -0.3 is 10.5 Å². The van der Waals surface area contributed by atoms with E-state index in [9.17, 15) is 4.21 Å². The zero-order valence-electron chi connectivity index (χ0n) is 9.65. The quantitative estimate of drug-likeness (QED) is 0.610. The van der Waals surface area contributed by atoms with Crippen molar-refractivity contribution in [2.24, 2.45) is 0 Å². The Morgan fingerprint density at radius 2 is 2.12 bits per heavy atom. The molecular formula is C11H16N2O2S. The average Bonchev–Trinajstić information content (AvgIpc) is 2.19. The molecule has 0 aliphatic rings. The van der Waals surface area contributed by atoms with Crippen LogP contribution in [0.4, 0.5) is 5.69 Å². The van der Waals surface area contributed by atoms with Crippen molar-refractivity contribution in [3.8, 4) is 11.8 Å². The van der Waals surface area contributed by atoms with Crippen LogP contribution in [0.1, 0.15) is 5.56 Å². The number of methoxy groups -OCH3 is 1. The first-order valence-electron chi connectivity index (χ1n) is 4.79. The molecule has 0 radical (unpaired) electrons. The Kier molecular flexibility index (Phi) is 3.55. The molecule has 0 fully saturated rings. The summed E-state index contributed by atoms with van der Waals surface area (Å²) < 4.78 is 17.2. The maximum atomic E-state index is 12.0. The van der Waals surface area contributed by atoms with E-state index in [1.807, 2.05) is 6.07 Å². The van der Waals surface area contributed by atoms with Gasteiger partial charge in [-0.3, -0.25) is 4.21 Å². The summed E-state index contributed by atoms with van der Waals surface area (Å²) in [4.78, 5) is 0.581. The van der Waals surface area contributed by atoms with Crippen LogP contribution in [0, 0.1) is 11.3 Å². The fraction of sp³-hybridized carbons (Fsp3) is 0.364.